The van der Waals surface area contributed by atoms with Crippen LogP contribution in [0.1, 0.15) is 47.1 Å². The molecule has 1 aliphatic rings. The molecule has 3 rings (SSSR count). The summed E-state index contributed by atoms with van der Waals surface area (Å²) in [5.41, 5.74) is 1.99. The molecular formula is C21H22ClF3N4O4. The van der Waals surface area contributed by atoms with E-state index in [4.69, 9.17) is 11.6 Å². The Hall–Kier alpha value is -2.92. The fourth-order valence-electron chi connectivity index (χ4n) is 3.36. The highest BCUT2D eigenvalue weighted by Crippen LogP contribution is 2.34. The molecule has 12 heteroatoms. The van der Waals surface area contributed by atoms with Crippen molar-refractivity contribution in [2.45, 2.75) is 45.1 Å². The Bertz CT molecular complexity index is 1050. The van der Waals surface area contributed by atoms with Gasteiger partial charge in [0.1, 0.15) is 5.02 Å². The van der Waals surface area contributed by atoms with Gasteiger partial charge in [-0.3, -0.25) is 14.6 Å². The summed E-state index contributed by atoms with van der Waals surface area (Å²) in [6, 6.07) is 2.47. The van der Waals surface area contributed by atoms with E-state index in [1.165, 1.54) is 23.4 Å². The summed E-state index contributed by atoms with van der Waals surface area (Å²) in [4.78, 5) is 34.8. The van der Waals surface area contributed by atoms with Crippen molar-refractivity contribution >= 4 is 23.4 Å². The molecule has 0 saturated heterocycles. The molecule has 0 radical (unpaired) electrons. The molecule has 178 valence electrons. The first-order valence-electron chi connectivity index (χ1n) is 10.0. The number of nitrogens with zero attached hydrogens (tertiary/aromatic N) is 3. The molecule has 0 aromatic carbocycles. The summed E-state index contributed by atoms with van der Waals surface area (Å²) < 4.78 is 41.7. The third-order valence-corrected chi connectivity index (χ3v) is 5.31. The van der Waals surface area contributed by atoms with Crippen LogP contribution in [0.3, 0.4) is 0 Å². The molecule has 2 aromatic rings. The Balaban J connectivity index is 1.74. The molecule has 2 amide bonds. The zero-order valence-electron chi connectivity index (χ0n) is 17.8. The lowest BCUT2D eigenvalue weighted by Gasteiger charge is -2.25. The summed E-state index contributed by atoms with van der Waals surface area (Å²) in [6.45, 7) is 2.05. The van der Waals surface area contributed by atoms with Crippen molar-refractivity contribution in [1.29, 1.82) is 0 Å². The van der Waals surface area contributed by atoms with Gasteiger partial charge in [-0.05, 0) is 31.5 Å². The number of aromatic nitrogens is 2. The van der Waals surface area contributed by atoms with Crippen molar-refractivity contribution < 1.29 is 32.6 Å². The van der Waals surface area contributed by atoms with Gasteiger partial charge in [0.15, 0.2) is 6.61 Å². The standard InChI is InChI=1S/C21H22ClF3N4O4/c1-11(30)7-27-18(31)6-17-15-9-29(20(32)14(15)3-4-26-17)12(2)13-5-16(22)19(28-8-13)33-10-21(23,24)25/h3-5,8,11-12,30H,6-7,9-10H2,1-2H3,(H,27,31)/t11-,12?/m1/s1. The van der Waals surface area contributed by atoms with Gasteiger partial charge in [-0.1, -0.05) is 11.6 Å². The lowest BCUT2D eigenvalue weighted by molar-refractivity contribution is -0.154. The maximum Gasteiger partial charge on any atom is 0.422 e. The molecule has 3 heterocycles. The normalized spacial score (nSPS) is 15.2. The third kappa shape index (κ3) is 6.11. The first-order chi connectivity index (χ1) is 15.5. The van der Waals surface area contributed by atoms with Crippen molar-refractivity contribution in [3.8, 4) is 5.88 Å². The minimum absolute atomic E-state index is 0.0516. The molecule has 1 unspecified atom stereocenters. The quantitative estimate of drug-likeness (QED) is 0.594. The molecule has 0 bridgehead atoms. The highest BCUT2D eigenvalue weighted by Gasteiger charge is 2.34. The topological polar surface area (TPSA) is 105 Å². The van der Waals surface area contributed by atoms with E-state index < -0.39 is 24.9 Å². The minimum Gasteiger partial charge on any atom is -0.467 e. The van der Waals surface area contributed by atoms with Crippen molar-refractivity contribution in [3.63, 3.8) is 0 Å². The van der Waals surface area contributed by atoms with Gasteiger partial charge in [-0.25, -0.2) is 4.98 Å². The summed E-state index contributed by atoms with van der Waals surface area (Å²) in [5, 5.41) is 11.8. The SMILES string of the molecule is CC(c1cnc(OCC(F)(F)F)c(Cl)c1)N1Cc2c(ccnc2CC(=O)NC[C@@H](C)O)C1=O. The highest BCUT2D eigenvalue weighted by molar-refractivity contribution is 6.31. The Morgan fingerprint density at radius 1 is 1.36 bits per heavy atom. The van der Waals surface area contributed by atoms with Gasteiger partial charge in [0.05, 0.1) is 24.3 Å². The fourth-order valence-corrected chi connectivity index (χ4v) is 3.58. The Morgan fingerprint density at radius 2 is 2.09 bits per heavy atom. The Morgan fingerprint density at radius 3 is 2.73 bits per heavy atom. The van der Waals surface area contributed by atoms with Crippen LogP contribution in [0.2, 0.25) is 5.02 Å². The second kappa shape index (κ2) is 9.92. The summed E-state index contributed by atoms with van der Waals surface area (Å²) >= 11 is 6.04. The van der Waals surface area contributed by atoms with Crippen LogP contribution in [0, 0.1) is 0 Å². The van der Waals surface area contributed by atoms with Crippen molar-refractivity contribution in [3.05, 3.63) is 51.9 Å². The summed E-state index contributed by atoms with van der Waals surface area (Å²) in [6.07, 6.45) is -2.51. The van der Waals surface area contributed by atoms with E-state index >= 15 is 0 Å². The van der Waals surface area contributed by atoms with Crippen molar-refractivity contribution in [2.75, 3.05) is 13.2 Å². The summed E-state index contributed by atoms with van der Waals surface area (Å²) in [5.74, 6) is -0.962. The van der Waals surface area contributed by atoms with Crippen LogP contribution in [-0.2, 0) is 17.8 Å². The fraction of sp³-hybridized carbons (Fsp3) is 0.429. The van der Waals surface area contributed by atoms with Crippen LogP contribution >= 0.6 is 11.6 Å². The zero-order valence-corrected chi connectivity index (χ0v) is 18.6. The lowest BCUT2D eigenvalue weighted by Crippen LogP contribution is -2.32. The van der Waals surface area contributed by atoms with Gasteiger partial charge in [-0.2, -0.15) is 13.2 Å². The first-order valence-corrected chi connectivity index (χ1v) is 10.4. The van der Waals surface area contributed by atoms with E-state index in [9.17, 15) is 27.9 Å². The number of hydrogen-bond acceptors (Lipinski definition) is 6. The van der Waals surface area contributed by atoms with Crippen LogP contribution in [0.5, 0.6) is 5.88 Å². The maximum absolute atomic E-state index is 13.0. The average Bonchev–Trinajstić information content (AvgIpc) is 3.08. The van der Waals surface area contributed by atoms with Gasteiger partial charge in [-0.15, -0.1) is 0 Å². The van der Waals surface area contributed by atoms with Gasteiger partial charge in [0.2, 0.25) is 11.8 Å². The number of amides is 2. The number of hydrogen-bond donors (Lipinski definition) is 2. The van der Waals surface area contributed by atoms with Crippen molar-refractivity contribution in [2.24, 2.45) is 0 Å². The number of pyridine rings is 2. The van der Waals surface area contributed by atoms with Gasteiger partial charge >= 0.3 is 6.18 Å². The maximum atomic E-state index is 13.0. The predicted octanol–water partition coefficient (Wildman–Crippen LogP) is 2.83. The molecule has 0 aliphatic carbocycles. The van der Waals surface area contributed by atoms with E-state index in [0.717, 1.165) is 0 Å². The molecule has 2 N–H and O–H groups in total. The van der Waals surface area contributed by atoms with Gasteiger partial charge in [0.25, 0.3) is 5.91 Å². The van der Waals surface area contributed by atoms with Gasteiger partial charge in [0, 0.05) is 36.6 Å². The zero-order chi connectivity index (χ0) is 24.3. The van der Waals surface area contributed by atoms with Crippen LogP contribution in [-0.4, -0.2) is 57.2 Å². The number of rotatable bonds is 8. The van der Waals surface area contributed by atoms with Gasteiger partial charge < -0.3 is 20.1 Å². The monoisotopic (exact) mass is 486 g/mol. The number of ether oxygens (including phenoxy) is 1. The van der Waals surface area contributed by atoms with Crippen LogP contribution in [0.15, 0.2) is 24.5 Å². The molecule has 8 nitrogen and oxygen atoms in total. The number of aliphatic hydroxyl groups is 1. The molecule has 0 spiro atoms. The highest BCUT2D eigenvalue weighted by atomic mass is 35.5. The van der Waals surface area contributed by atoms with Crippen LogP contribution < -0.4 is 10.1 Å². The van der Waals surface area contributed by atoms with E-state index in [-0.39, 0.29) is 42.2 Å². The van der Waals surface area contributed by atoms with E-state index in [1.807, 2.05) is 0 Å². The largest absolute Gasteiger partial charge is 0.467 e. The lowest BCUT2D eigenvalue weighted by atomic mass is 10.1. The average molecular weight is 487 g/mol. The minimum atomic E-state index is -4.52. The number of halogens is 4. The van der Waals surface area contributed by atoms with E-state index in [2.05, 4.69) is 20.0 Å². The molecule has 33 heavy (non-hydrogen) atoms. The number of aliphatic hydroxyl groups excluding tert-OH is 1. The van der Waals surface area contributed by atoms with Crippen LogP contribution in [0.4, 0.5) is 13.2 Å². The van der Waals surface area contributed by atoms with E-state index in [1.54, 1.807) is 19.9 Å². The summed E-state index contributed by atoms with van der Waals surface area (Å²) in [7, 11) is 0. The predicted molar refractivity (Wildman–Crippen MR) is 112 cm³/mol. The van der Waals surface area contributed by atoms with E-state index in [0.29, 0.717) is 22.4 Å². The first kappa shape index (κ1) is 24.7. The second-order valence-corrected chi connectivity index (χ2v) is 8.09. The number of carbonyl (C=O) groups excluding carboxylic acids is 2. The Kier molecular flexibility index (Phi) is 7.43. The third-order valence-electron chi connectivity index (χ3n) is 5.04. The molecule has 2 atom stereocenters. The molecule has 0 fully saturated rings. The molecule has 0 saturated carbocycles. The number of alkyl halides is 3. The molecule has 2 aromatic heterocycles. The number of nitrogens with one attached hydrogen (secondary N) is 1. The number of fused-ring (bicyclic) bond motifs is 1. The van der Waals surface area contributed by atoms with Crippen molar-refractivity contribution in [1.82, 2.24) is 20.2 Å². The smallest absolute Gasteiger partial charge is 0.422 e. The Labute approximate surface area is 192 Å². The second-order valence-electron chi connectivity index (χ2n) is 7.68. The van der Waals surface area contributed by atoms with Crippen LogP contribution in [0.25, 0.3) is 0 Å². The molecule has 1 aliphatic heterocycles. The molecular weight excluding hydrogens is 465 g/mol. The number of carbonyl (C=O) groups is 2.